The fourth-order valence-corrected chi connectivity index (χ4v) is 3.89. The molecule has 0 bridgehead atoms. The lowest BCUT2D eigenvalue weighted by molar-refractivity contribution is 0.0809. The van der Waals surface area contributed by atoms with Crippen molar-refractivity contribution in [1.82, 2.24) is 10.2 Å². The summed E-state index contributed by atoms with van der Waals surface area (Å²) in [5, 5.41) is 3.73. The van der Waals surface area contributed by atoms with E-state index in [0.29, 0.717) is 5.41 Å². The van der Waals surface area contributed by atoms with Crippen molar-refractivity contribution < 1.29 is 0 Å². The molecule has 19 heavy (non-hydrogen) atoms. The Morgan fingerprint density at radius 2 is 1.74 bits per heavy atom. The summed E-state index contributed by atoms with van der Waals surface area (Å²) in [6, 6.07) is 0.895. The monoisotopic (exact) mass is 266 g/mol. The van der Waals surface area contributed by atoms with Crippen LogP contribution in [0, 0.1) is 5.41 Å². The number of rotatable bonds is 7. The number of hydrogen-bond donors (Lipinski definition) is 1. The average Bonchev–Trinajstić information content (AvgIpc) is 2.53. The largest absolute Gasteiger partial charge is 0.316 e. The molecular weight excluding hydrogens is 232 g/mol. The van der Waals surface area contributed by atoms with Crippen LogP contribution in [0.2, 0.25) is 0 Å². The SMILES string of the molecule is CCCNCC1(CN(C)C2CCC2)CCCCCC1. The van der Waals surface area contributed by atoms with Gasteiger partial charge in [0.15, 0.2) is 0 Å². The Bertz CT molecular complexity index is 240. The van der Waals surface area contributed by atoms with Crippen molar-refractivity contribution in [2.24, 2.45) is 5.41 Å². The van der Waals surface area contributed by atoms with E-state index in [0.717, 1.165) is 6.04 Å². The highest BCUT2D eigenvalue weighted by molar-refractivity contribution is 4.89. The van der Waals surface area contributed by atoms with E-state index in [2.05, 4.69) is 24.2 Å². The van der Waals surface area contributed by atoms with Crippen molar-refractivity contribution in [3.8, 4) is 0 Å². The Hall–Kier alpha value is -0.0800. The first-order chi connectivity index (χ1) is 9.26. The first-order valence-corrected chi connectivity index (χ1v) is 8.67. The third-order valence-electron chi connectivity index (χ3n) is 5.37. The van der Waals surface area contributed by atoms with Crippen LogP contribution in [0.5, 0.6) is 0 Å². The minimum Gasteiger partial charge on any atom is -0.316 e. The van der Waals surface area contributed by atoms with E-state index in [9.17, 15) is 0 Å². The molecule has 2 aliphatic carbocycles. The second kappa shape index (κ2) is 7.64. The molecule has 2 nitrogen and oxygen atoms in total. The molecule has 0 radical (unpaired) electrons. The van der Waals surface area contributed by atoms with Gasteiger partial charge in [0.2, 0.25) is 0 Å². The van der Waals surface area contributed by atoms with Crippen LogP contribution in [0.1, 0.15) is 71.1 Å². The van der Waals surface area contributed by atoms with Gasteiger partial charge in [0, 0.05) is 19.1 Å². The van der Waals surface area contributed by atoms with E-state index < -0.39 is 0 Å². The number of nitrogens with one attached hydrogen (secondary N) is 1. The molecule has 0 saturated heterocycles. The lowest BCUT2D eigenvalue weighted by atomic mass is 9.78. The molecule has 2 rings (SSSR count). The highest BCUT2D eigenvalue weighted by Gasteiger charge is 2.34. The van der Waals surface area contributed by atoms with Gasteiger partial charge in [0.1, 0.15) is 0 Å². The van der Waals surface area contributed by atoms with Crippen LogP contribution in [0.4, 0.5) is 0 Å². The molecule has 2 aliphatic rings. The molecule has 112 valence electrons. The topological polar surface area (TPSA) is 15.3 Å². The van der Waals surface area contributed by atoms with E-state index in [1.165, 1.54) is 83.8 Å². The minimum absolute atomic E-state index is 0.565. The first-order valence-electron chi connectivity index (χ1n) is 8.67. The van der Waals surface area contributed by atoms with E-state index in [1.54, 1.807) is 0 Å². The third-order valence-corrected chi connectivity index (χ3v) is 5.37. The summed E-state index contributed by atoms with van der Waals surface area (Å²) in [4.78, 5) is 2.68. The van der Waals surface area contributed by atoms with Gasteiger partial charge >= 0.3 is 0 Å². The van der Waals surface area contributed by atoms with Gasteiger partial charge in [-0.2, -0.15) is 0 Å². The van der Waals surface area contributed by atoms with Gasteiger partial charge in [0.05, 0.1) is 0 Å². The zero-order valence-electron chi connectivity index (χ0n) is 13.2. The molecule has 0 amide bonds. The Morgan fingerprint density at radius 3 is 2.26 bits per heavy atom. The molecule has 2 saturated carbocycles. The zero-order valence-corrected chi connectivity index (χ0v) is 13.2. The number of hydrogen-bond acceptors (Lipinski definition) is 2. The Morgan fingerprint density at radius 1 is 1.05 bits per heavy atom. The molecular formula is C17H34N2. The summed E-state index contributed by atoms with van der Waals surface area (Å²) >= 11 is 0. The maximum Gasteiger partial charge on any atom is 0.00924 e. The molecule has 0 spiro atoms. The predicted octanol–water partition coefficient (Wildman–Crippen LogP) is 3.81. The summed E-state index contributed by atoms with van der Waals surface area (Å²) in [5.41, 5.74) is 0.565. The molecule has 2 heteroatoms. The van der Waals surface area contributed by atoms with Gasteiger partial charge in [-0.3, -0.25) is 0 Å². The lowest BCUT2D eigenvalue weighted by Crippen LogP contribution is -2.48. The summed E-state index contributed by atoms with van der Waals surface area (Å²) in [5.74, 6) is 0. The maximum atomic E-state index is 3.73. The quantitative estimate of drug-likeness (QED) is 0.557. The van der Waals surface area contributed by atoms with Crippen molar-refractivity contribution in [3.63, 3.8) is 0 Å². The second-order valence-electron chi connectivity index (χ2n) is 7.09. The fourth-order valence-electron chi connectivity index (χ4n) is 3.89. The lowest BCUT2D eigenvalue weighted by Gasteiger charge is -2.42. The van der Waals surface area contributed by atoms with Gasteiger partial charge in [-0.1, -0.05) is 39.0 Å². The Kier molecular flexibility index (Phi) is 6.15. The standard InChI is InChI=1S/C17H34N2/c1-3-13-18-14-17(11-6-4-5-7-12-17)15-19(2)16-9-8-10-16/h16,18H,3-15H2,1-2H3. The van der Waals surface area contributed by atoms with Crippen LogP contribution < -0.4 is 5.32 Å². The summed E-state index contributed by atoms with van der Waals surface area (Å²) in [6.07, 6.45) is 14.3. The van der Waals surface area contributed by atoms with Crippen molar-refractivity contribution in [2.75, 3.05) is 26.7 Å². The first kappa shape index (κ1) is 15.3. The van der Waals surface area contributed by atoms with Gasteiger partial charge in [-0.05, 0) is 51.1 Å². The van der Waals surface area contributed by atoms with E-state index in [4.69, 9.17) is 0 Å². The van der Waals surface area contributed by atoms with Crippen molar-refractivity contribution >= 4 is 0 Å². The summed E-state index contributed by atoms with van der Waals surface area (Å²) in [7, 11) is 2.37. The smallest absolute Gasteiger partial charge is 0.00924 e. The molecule has 1 N–H and O–H groups in total. The molecule has 0 aromatic heterocycles. The average molecular weight is 266 g/mol. The van der Waals surface area contributed by atoms with Crippen LogP contribution in [0.3, 0.4) is 0 Å². The molecule has 0 heterocycles. The van der Waals surface area contributed by atoms with Crippen molar-refractivity contribution in [2.45, 2.75) is 77.2 Å². The zero-order chi connectivity index (χ0) is 13.6. The fraction of sp³-hybridized carbons (Fsp3) is 1.00. The van der Waals surface area contributed by atoms with Gasteiger partial charge < -0.3 is 10.2 Å². The van der Waals surface area contributed by atoms with Crippen LogP contribution in [0.15, 0.2) is 0 Å². The molecule has 2 fully saturated rings. The maximum absolute atomic E-state index is 3.73. The predicted molar refractivity (Wildman–Crippen MR) is 83.6 cm³/mol. The molecule has 0 aromatic carbocycles. The van der Waals surface area contributed by atoms with Crippen molar-refractivity contribution in [1.29, 1.82) is 0 Å². The highest BCUT2D eigenvalue weighted by Crippen LogP contribution is 2.37. The van der Waals surface area contributed by atoms with E-state index in [1.807, 2.05) is 0 Å². The normalized spacial score (nSPS) is 24.2. The van der Waals surface area contributed by atoms with Gasteiger partial charge in [-0.25, -0.2) is 0 Å². The van der Waals surface area contributed by atoms with Crippen LogP contribution in [-0.2, 0) is 0 Å². The van der Waals surface area contributed by atoms with Gasteiger partial charge in [-0.15, -0.1) is 0 Å². The van der Waals surface area contributed by atoms with E-state index in [-0.39, 0.29) is 0 Å². The van der Waals surface area contributed by atoms with E-state index >= 15 is 0 Å². The van der Waals surface area contributed by atoms with Crippen molar-refractivity contribution in [3.05, 3.63) is 0 Å². The molecule has 0 aliphatic heterocycles. The molecule has 0 unspecified atom stereocenters. The van der Waals surface area contributed by atoms with Crippen LogP contribution >= 0.6 is 0 Å². The molecule has 0 atom stereocenters. The molecule has 0 aromatic rings. The van der Waals surface area contributed by atoms with Crippen LogP contribution in [0.25, 0.3) is 0 Å². The number of nitrogens with zero attached hydrogens (tertiary/aromatic N) is 1. The van der Waals surface area contributed by atoms with Crippen LogP contribution in [-0.4, -0.2) is 37.6 Å². The second-order valence-corrected chi connectivity index (χ2v) is 7.09. The third kappa shape index (κ3) is 4.46. The highest BCUT2D eigenvalue weighted by atomic mass is 15.1. The summed E-state index contributed by atoms with van der Waals surface area (Å²) < 4.78 is 0. The summed E-state index contributed by atoms with van der Waals surface area (Å²) in [6.45, 7) is 6.04. The minimum atomic E-state index is 0.565. The Balaban J connectivity index is 1.90. The van der Waals surface area contributed by atoms with Gasteiger partial charge in [0.25, 0.3) is 0 Å². The Labute approximate surface area is 120 Å².